The number of rotatable bonds is 2. The maximum atomic E-state index is 6.12. The van der Waals surface area contributed by atoms with Gasteiger partial charge in [0.05, 0.1) is 0 Å². The summed E-state index contributed by atoms with van der Waals surface area (Å²) in [6, 6.07) is 0. The maximum Gasteiger partial charge on any atom is 0.0357 e. The molecule has 2 unspecified atom stereocenters. The smallest absolute Gasteiger partial charge is 0.0357 e. The Kier molecular flexibility index (Phi) is 3.68. The molecule has 2 aliphatic rings. The summed E-state index contributed by atoms with van der Waals surface area (Å²) in [7, 11) is 0. The van der Waals surface area contributed by atoms with Crippen LogP contribution >= 0.6 is 0 Å². The minimum Gasteiger partial charge on any atom is -0.329 e. The minimum atomic E-state index is 0.360. The number of likely N-dealkylation sites (tertiary alicyclic amines) is 1. The van der Waals surface area contributed by atoms with E-state index in [4.69, 9.17) is 5.73 Å². The third kappa shape index (κ3) is 2.07. The van der Waals surface area contributed by atoms with Crippen molar-refractivity contribution >= 4 is 0 Å². The maximum absolute atomic E-state index is 6.12. The van der Waals surface area contributed by atoms with E-state index in [2.05, 4.69) is 11.8 Å². The van der Waals surface area contributed by atoms with E-state index in [-0.39, 0.29) is 0 Å². The van der Waals surface area contributed by atoms with Gasteiger partial charge in [-0.1, -0.05) is 26.2 Å². The number of piperidine rings is 1. The van der Waals surface area contributed by atoms with Crippen molar-refractivity contribution in [2.45, 2.75) is 57.4 Å². The molecule has 0 bridgehead atoms. The Morgan fingerprint density at radius 2 is 1.87 bits per heavy atom. The molecule has 2 rings (SSSR count). The molecule has 0 amide bonds. The van der Waals surface area contributed by atoms with Crippen molar-refractivity contribution in [1.29, 1.82) is 0 Å². The van der Waals surface area contributed by atoms with Gasteiger partial charge in [-0.3, -0.25) is 4.90 Å². The predicted octanol–water partition coefficient (Wildman–Crippen LogP) is 2.38. The van der Waals surface area contributed by atoms with Gasteiger partial charge in [0.1, 0.15) is 0 Å². The lowest BCUT2D eigenvalue weighted by Gasteiger charge is -2.51. The number of nitrogens with zero attached hydrogens (tertiary/aromatic N) is 1. The van der Waals surface area contributed by atoms with Gasteiger partial charge in [-0.15, -0.1) is 0 Å². The molecule has 88 valence electrons. The van der Waals surface area contributed by atoms with Gasteiger partial charge in [0.2, 0.25) is 0 Å². The summed E-state index contributed by atoms with van der Waals surface area (Å²) in [5, 5.41) is 0. The Morgan fingerprint density at radius 1 is 1.13 bits per heavy atom. The van der Waals surface area contributed by atoms with Crippen molar-refractivity contribution in [3.8, 4) is 0 Å². The molecule has 1 saturated carbocycles. The van der Waals surface area contributed by atoms with Crippen LogP contribution in [0.3, 0.4) is 0 Å². The van der Waals surface area contributed by atoms with E-state index in [1.165, 1.54) is 58.0 Å². The van der Waals surface area contributed by atoms with Gasteiger partial charge in [-0.25, -0.2) is 0 Å². The van der Waals surface area contributed by atoms with Crippen LogP contribution in [0.15, 0.2) is 0 Å². The van der Waals surface area contributed by atoms with Crippen LogP contribution in [0.25, 0.3) is 0 Å². The number of nitrogens with two attached hydrogens (primary N) is 1. The number of hydrogen-bond donors (Lipinski definition) is 1. The SMILES string of the molecule is CC1CCCCC1(CN)N1CCCCC1. The van der Waals surface area contributed by atoms with Crippen LogP contribution in [-0.2, 0) is 0 Å². The molecule has 0 aromatic carbocycles. The Labute approximate surface area is 94.2 Å². The Hall–Kier alpha value is -0.0800. The fourth-order valence-corrected chi connectivity index (χ4v) is 3.64. The summed E-state index contributed by atoms with van der Waals surface area (Å²) in [4.78, 5) is 2.72. The van der Waals surface area contributed by atoms with E-state index in [9.17, 15) is 0 Å². The molecule has 1 aliphatic heterocycles. The molecule has 2 atom stereocenters. The molecule has 0 radical (unpaired) electrons. The Bertz CT molecular complexity index is 199. The summed E-state index contributed by atoms with van der Waals surface area (Å²) < 4.78 is 0. The molecule has 2 N–H and O–H groups in total. The minimum absolute atomic E-state index is 0.360. The normalized spacial score (nSPS) is 39.2. The van der Waals surface area contributed by atoms with Gasteiger partial charge in [0.25, 0.3) is 0 Å². The second kappa shape index (κ2) is 4.84. The number of hydrogen-bond acceptors (Lipinski definition) is 2. The highest BCUT2D eigenvalue weighted by atomic mass is 15.2. The fourth-order valence-electron chi connectivity index (χ4n) is 3.64. The van der Waals surface area contributed by atoms with Crippen molar-refractivity contribution < 1.29 is 0 Å². The molecule has 2 heteroatoms. The highest BCUT2D eigenvalue weighted by molar-refractivity contribution is 4.98. The van der Waals surface area contributed by atoms with Gasteiger partial charge < -0.3 is 5.73 Å². The van der Waals surface area contributed by atoms with Crippen molar-refractivity contribution in [3.05, 3.63) is 0 Å². The first-order chi connectivity index (χ1) is 7.29. The molecule has 0 aromatic rings. The first-order valence-corrected chi connectivity index (χ1v) is 6.75. The Morgan fingerprint density at radius 3 is 2.47 bits per heavy atom. The molecule has 1 aliphatic carbocycles. The molecule has 2 fully saturated rings. The highest BCUT2D eigenvalue weighted by Gasteiger charge is 2.42. The molecule has 1 heterocycles. The van der Waals surface area contributed by atoms with Crippen molar-refractivity contribution in [2.24, 2.45) is 11.7 Å². The quantitative estimate of drug-likeness (QED) is 0.758. The van der Waals surface area contributed by atoms with Crippen LogP contribution in [0.5, 0.6) is 0 Å². The molecular weight excluding hydrogens is 184 g/mol. The van der Waals surface area contributed by atoms with Crippen LogP contribution in [0, 0.1) is 5.92 Å². The molecular formula is C13H26N2. The topological polar surface area (TPSA) is 29.3 Å². The van der Waals surface area contributed by atoms with E-state index in [1.807, 2.05) is 0 Å². The van der Waals surface area contributed by atoms with Gasteiger partial charge in [-0.2, -0.15) is 0 Å². The van der Waals surface area contributed by atoms with E-state index in [1.54, 1.807) is 0 Å². The monoisotopic (exact) mass is 210 g/mol. The van der Waals surface area contributed by atoms with Crippen LogP contribution in [-0.4, -0.2) is 30.1 Å². The van der Waals surface area contributed by atoms with Gasteiger partial charge in [-0.05, 0) is 44.7 Å². The van der Waals surface area contributed by atoms with Gasteiger partial charge >= 0.3 is 0 Å². The van der Waals surface area contributed by atoms with Crippen LogP contribution in [0.1, 0.15) is 51.9 Å². The highest BCUT2D eigenvalue weighted by Crippen LogP contribution is 2.38. The van der Waals surface area contributed by atoms with E-state index < -0.39 is 0 Å². The zero-order valence-corrected chi connectivity index (χ0v) is 10.2. The average Bonchev–Trinajstić information content (AvgIpc) is 2.31. The summed E-state index contributed by atoms with van der Waals surface area (Å²) >= 11 is 0. The van der Waals surface area contributed by atoms with Crippen LogP contribution in [0.4, 0.5) is 0 Å². The molecule has 15 heavy (non-hydrogen) atoms. The average molecular weight is 210 g/mol. The second-order valence-electron chi connectivity index (χ2n) is 5.50. The predicted molar refractivity (Wildman–Crippen MR) is 64.8 cm³/mol. The Balaban J connectivity index is 2.10. The van der Waals surface area contributed by atoms with Crippen molar-refractivity contribution in [3.63, 3.8) is 0 Å². The molecule has 0 spiro atoms. The van der Waals surface area contributed by atoms with E-state index in [0.717, 1.165) is 12.5 Å². The van der Waals surface area contributed by atoms with Crippen molar-refractivity contribution in [2.75, 3.05) is 19.6 Å². The van der Waals surface area contributed by atoms with Crippen molar-refractivity contribution in [1.82, 2.24) is 4.90 Å². The van der Waals surface area contributed by atoms with Gasteiger partial charge in [0.15, 0.2) is 0 Å². The summed E-state index contributed by atoms with van der Waals surface area (Å²) in [5.41, 5.74) is 6.48. The van der Waals surface area contributed by atoms with Gasteiger partial charge in [0, 0.05) is 12.1 Å². The third-order valence-corrected chi connectivity index (χ3v) is 4.75. The molecule has 1 saturated heterocycles. The summed E-state index contributed by atoms with van der Waals surface area (Å²) in [6.07, 6.45) is 9.71. The lowest BCUT2D eigenvalue weighted by atomic mass is 9.72. The summed E-state index contributed by atoms with van der Waals surface area (Å²) in [6.45, 7) is 5.87. The summed E-state index contributed by atoms with van der Waals surface area (Å²) in [5.74, 6) is 0.800. The zero-order valence-electron chi connectivity index (χ0n) is 10.2. The first kappa shape index (κ1) is 11.4. The van der Waals surface area contributed by atoms with E-state index in [0.29, 0.717) is 5.54 Å². The third-order valence-electron chi connectivity index (χ3n) is 4.75. The zero-order chi connectivity index (χ0) is 10.7. The second-order valence-corrected chi connectivity index (χ2v) is 5.50. The van der Waals surface area contributed by atoms with E-state index >= 15 is 0 Å². The standard InChI is InChI=1S/C13H26N2/c1-12-7-3-4-8-13(12,11-14)15-9-5-2-6-10-15/h12H,2-11,14H2,1H3. The van der Waals surface area contributed by atoms with Crippen LogP contribution in [0.2, 0.25) is 0 Å². The fraction of sp³-hybridized carbons (Fsp3) is 1.00. The first-order valence-electron chi connectivity index (χ1n) is 6.75. The largest absolute Gasteiger partial charge is 0.329 e. The molecule has 2 nitrogen and oxygen atoms in total. The lowest BCUT2D eigenvalue weighted by molar-refractivity contribution is 0.000358. The molecule has 0 aromatic heterocycles. The lowest BCUT2D eigenvalue weighted by Crippen LogP contribution is -2.60. The van der Waals surface area contributed by atoms with Crippen LogP contribution < -0.4 is 5.73 Å².